The number of ether oxygens (including phenoxy) is 2. The van der Waals surface area contributed by atoms with Crippen molar-refractivity contribution in [3.63, 3.8) is 0 Å². The summed E-state index contributed by atoms with van der Waals surface area (Å²) in [6.45, 7) is 5.02. The monoisotopic (exact) mass is 323 g/mol. The van der Waals surface area contributed by atoms with Crippen LogP contribution in [0.3, 0.4) is 0 Å². The van der Waals surface area contributed by atoms with E-state index < -0.39 is 0 Å². The minimum Gasteiger partial charge on any atom is -0.494 e. The molecule has 3 nitrogen and oxygen atoms in total. The van der Waals surface area contributed by atoms with E-state index in [2.05, 4.69) is 41.7 Å². The van der Waals surface area contributed by atoms with Crippen LogP contribution in [0.2, 0.25) is 0 Å². The maximum atomic E-state index is 6.28. The molecule has 4 rings (SSSR count). The van der Waals surface area contributed by atoms with Gasteiger partial charge in [-0.25, -0.2) is 0 Å². The molecule has 0 unspecified atom stereocenters. The van der Waals surface area contributed by atoms with Crippen LogP contribution in [0.1, 0.15) is 19.8 Å². The van der Waals surface area contributed by atoms with Gasteiger partial charge in [-0.3, -0.25) is 0 Å². The molecule has 24 heavy (non-hydrogen) atoms. The third kappa shape index (κ3) is 3.27. The van der Waals surface area contributed by atoms with Gasteiger partial charge >= 0.3 is 0 Å². The Morgan fingerprint density at radius 1 is 0.917 bits per heavy atom. The van der Waals surface area contributed by atoms with Crippen LogP contribution in [-0.4, -0.2) is 25.8 Å². The highest BCUT2D eigenvalue weighted by molar-refractivity contribution is 5.65. The Morgan fingerprint density at radius 3 is 2.38 bits per heavy atom. The fourth-order valence-corrected chi connectivity index (χ4v) is 4.06. The summed E-state index contributed by atoms with van der Waals surface area (Å²) in [4.78, 5) is 0. The number of fused-ring (bicyclic) bond motifs is 1. The van der Waals surface area contributed by atoms with Crippen LogP contribution in [0.25, 0.3) is 11.1 Å². The molecule has 1 aliphatic heterocycles. The van der Waals surface area contributed by atoms with Gasteiger partial charge in [0.25, 0.3) is 0 Å². The quantitative estimate of drug-likeness (QED) is 0.897. The molecular weight excluding hydrogens is 298 g/mol. The standard InChI is InChI=1S/C21H25NO2/c1-2-23-19-8-6-15(7-9-19)16-4-3-5-20(10-16)24-21-11-17-13-22-14-18(17)12-21/h3-10,17-18,21-22H,2,11-14H2,1H3/t17-,18+,21+. The molecule has 1 heterocycles. The first kappa shape index (κ1) is 15.5. The Morgan fingerprint density at radius 2 is 1.67 bits per heavy atom. The van der Waals surface area contributed by atoms with Crippen molar-refractivity contribution in [1.82, 2.24) is 5.32 Å². The van der Waals surface area contributed by atoms with Crippen LogP contribution < -0.4 is 14.8 Å². The zero-order valence-electron chi connectivity index (χ0n) is 14.2. The molecule has 2 aliphatic rings. The van der Waals surface area contributed by atoms with Crippen molar-refractivity contribution in [1.29, 1.82) is 0 Å². The highest BCUT2D eigenvalue weighted by atomic mass is 16.5. The van der Waals surface area contributed by atoms with Crippen molar-refractivity contribution in [2.45, 2.75) is 25.9 Å². The Hall–Kier alpha value is -2.00. The van der Waals surface area contributed by atoms with Crippen LogP contribution in [0.5, 0.6) is 11.5 Å². The van der Waals surface area contributed by atoms with Crippen LogP contribution >= 0.6 is 0 Å². The lowest BCUT2D eigenvalue weighted by Crippen LogP contribution is -2.18. The second kappa shape index (κ2) is 6.86. The molecule has 1 aliphatic carbocycles. The normalized spacial score (nSPS) is 25.5. The Bertz CT molecular complexity index is 670. The van der Waals surface area contributed by atoms with Crippen LogP contribution in [0, 0.1) is 11.8 Å². The topological polar surface area (TPSA) is 30.5 Å². The average molecular weight is 323 g/mol. The average Bonchev–Trinajstić information content (AvgIpc) is 3.17. The van der Waals surface area contributed by atoms with Crippen molar-refractivity contribution < 1.29 is 9.47 Å². The van der Waals surface area contributed by atoms with Gasteiger partial charge in [-0.15, -0.1) is 0 Å². The summed E-state index contributed by atoms with van der Waals surface area (Å²) < 4.78 is 11.8. The van der Waals surface area contributed by atoms with E-state index in [1.807, 2.05) is 19.1 Å². The maximum Gasteiger partial charge on any atom is 0.120 e. The molecule has 0 bridgehead atoms. The number of rotatable bonds is 5. The van der Waals surface area contributed by atoms with Gasteiger partial charge in [-0.1, -0.05) is 24.3 Å². The molecule has 3 heteroatoms. The lowest BCUT2D eigenvalue weighted by molar-refractivity contribution is 0.199. The molecule has 0 amide bonds. The van der Waals surface area contributed by atoms with E-state index >= 15 is 0 Å². The van der Waals surface area contributed by atoms with Gasteiger partial charge in [0.1, 0.15) is 11.5 Å². The van der Waals surface area contributed by atoms with E-state index in [4.69, 9.17) is 9.47 Å². The summed E-state index contributed by atoms with van der Waals surface area (Å²) in [5.74, 6) is 3.52. The second-order valence-corrected chi connectivity index (χ2v) is 6.87. The predicted octanol–water partition coefficient (Wildman–Crippen LogP) is 4.13. The molecule has 0 aromatic heterocycles. The van der Waals surface area contributed by atoms with E-state index in [1.54, 1.807) is 0 Å². The molecule has 2 aromatic carbocycles. The van der Waals surface area contributed by atoms with Gasteiger partial charge in [-0.2, -0.15) is 0 Å². The van der Waals surface area contributed by atoms with Gasteiger partial charge in [0, 0.05) is 0 Å². The highest BCUT2D eigenvalue weighted by Crippen LogP contribution is 2.37. The first-order chi connectivity index (χ1) is 11.8. The summed E-state index contributed by atoms with van der Waals surface area (Å²) in [5.41, 5.74) is 2.38. The summed E-state index contributed by atoms with van der Waals surface area (Å²) in [6.07, 6.45) is 2.74. The Kier molecular flexibility index (Phi) is 4.44. The van der Waals surface area contributed by atoms with Gasteiger partial charge in [0.15, 0.2) is 0 Å². The molecule has 2 aromatic rings. The zero-order chi connectivity index (χ0) is 16.4. The minimum atomic E-state index is 0.373. The predicted molar refractivity (Wildman–Crippen MR) is 96.5 cm³/mol. The smallest absolute Gasteiger partial charge is 0.120 e. The Balaban J connectivity index is 1.45. The summed E-state index contributed by atoms with van der Waals surface area (Å²) >= 11 is 0. The van der Waals surface area contributed by atoms with Gasteiger partial charge in [-0.05, 0) is 80.1 Å². The number of hydrogen-bond acceptors (Lipinski definition) is 3. The second-order valence-electron chi connectivity index (χ2n) is 6.87. The zero-order valence-corrected chi connectivity index (χ0v) is 14.2. The van der Waals surface area contributed by atoms with Crippen molar-refractivity contribution in [2.24, 2.45) is 11.8 Å². The third-order valence-corrected chi connectivity index (χ3v) is 5.25. The first-order valence-corrected chi connectivity index (χ1v) is 9.02. The first-order valence-electron chi connectivity index (χ1n) is 9.02. The van der Waals surface area contributed by atoms with Crippen LogP contribution in [0.15, 0.2) is 48.5 Å². The largest absolute Gasteiger partial charge is 0.494 e. The van der Waals surface area contributed by atoms with E-state index in [-0.39, 0.29) is 0 Å². The van der Waals surface area contributed by atoms with Crippen molar-refractivity contribution in [3.8, 4) is 22.6 Å². The van der Waals surface area contributed by atoms with E-state index in [0.717, 1.165) is 36.4 Å². The molecule has 3 atom stereocenters. The molecular formula is C21H25NO2. The van der Waals surface area contributed by atoms with E-state index in [1.165, 1.54) is 24.0 Å². The molecule has 0 radical (unpaired) electrons. The van der Waals surface area contributed by atoms with Crippen molar-refractivity contribution in [2.75, 3.05) is 19.7 Å². The van der Waals surface area contributed by atoms with Crippen molar-refractivity contribution >= 4 is 0 Å². The molecule has 0 spiro atoms. The maximum absolute atomic E-state index is 6.28. The van der Waals surface area contributed by atoms with E-state index in [0.29, 0.717) is 12.7 Å². The lowest BCUT2D eigenvalue weighted by atomic mass is 10.0. The summed E-state index contributed by atoms with van der Waals surface area (Å²) in [7, 11) is 0. The van der Waals surface area contributed by atoms with Gasteiger partial charge in [0.2, 0.25) is 0 Å². The fourth-order valence-electron chi connectivity index (χ4n) is 4.06. The van der Waals surface area contributed by atoms with Crippen molar-refractivity contribution in [3.05, 3.63) is 48.5 Å². The Labute approximate surface area is 144 Å². The summed E-state index contributed by atoms with van der Waals surface area (Å²) in [5, 5.41) is 3.49. The van der Waals surface area contributed by atoms with E-state index in [9.17, 15) is 0 Å². The number of benzene rings is 2. The van der Waals surface area contributed by atoms with Gasteiger partial charge in [0.05, 0.1) is 12.7 Å². The number of hydrogen-bond donors (Lipinski definition) is 1. The molecule has 1 saturated heterocycles. The number of nitrogens with one attached hydrogen (secondary N) is 1. The SMILES string of the molecule is CCOc1ccc(-c2cccc(O[C@@H]3C[C@H]4CNC[C@H]4C3)c2)cc1. The molecule has 1 N–H and O–H groups in total. The van der Waals surface area contributed by atoms with Crippen LogP contribution in [0.4, 0.5) is 0 Å². The molecule has 2 fully saturated rings. The third-order valence-electron chi connectivity index (χ3n) is 5.25. The molecule has 1 saturated carbocycles. The highest BCUT2D eigenvalue weighted by Gasteiger charge is 2.38. The summed E-state index contributed by atoms with van der Waals surface area (Å²) in [6, 6.07) is 16.7. The van der Waals surface area contributed by atoms with Crippen LogP contribution in [-0.2, 0) is 0 Å². The minimum absolute atomic E-state index is 0.373. The molecule has 126 valence electrons. The van der Waals surface area contributed by atoms with Gasteiger partial charge < -0.3 is 14.8 Å². The fraction of sp³-hybridized carbons (Fsp3) is 0.429. The lowest BCUT2D eigenvalue weighted by Gasteiger charge is -2.15.